The SMILES string of the molecule is CC[C@H](C)NC(=O)c1ccccc1NC(=O)[C@@H](C)Oc1ccccc1OC. The van der Waals surface area contributed by atoms with E-state index in [1.165, 1.54) is 0 Å². The van der Waals surface area contributed by atoms with Crippen molar-refractivity contribution >= 4 is 17.5 Å². The standard InChI is InChI=1S/C21H26N2O4/c1-5-14(2)22-21(25)16-10-6-7-11-17(16)23-20(24)15(3)27-19-13-9-8-12-18(19)26-4/h6-15H,5H2,1-4H3,(H,22,25)(H,23,24)/t14-,15+/m0/s1. The van der Waals surface area contributed by atoms with Crippen molar-refractivity contribution in [1.29, 1.82) is 0 Å². The number of anilines is 1. The maximum Gasteiger partial charge on any atom is 0.265 e. The van der Waals surface area contributed by atoms with Gasteiger partial charge >= 0.3 is 0 Å². The first-order chi connectivity index (χ1) is 13.0. The van der Waals surface area contributed by atoms with Crippen LogP contribution in [0.5, 0.6) is 11.5 Å². The third-order valence-corrected chi connectivity index (χ3v) is 4.16. The Hall–Kier alpha value is -3.02. The van der Waals surface area contributed by atoms with Crippen LogP contribution in [-0.2, 0) is 4.79 Å². The molecule has 2 N–H and O–H groups in total. The molecular formula is C21H26N2O4. The second-order valence-electron chi connectivity index (χ2n) is 6.23. The highest BCUT2D eigenvalue weighted by Gasteiger charge is 2.20. The Labute approximate surface area is 159 Å². The molecule has 0 aromatic heterocycles. The summed E-state index contributed by atoms with van der Waals surface area (Å²) in [6.45, 7) is 5.57. The van der Waals surface area contributed by atoms with E-state index in [0.29, 0.717) is 22.7 Å². The van der Waals surface area contributed by atoms with Gasteiger partial charge in [0.05, 0.1) is 18.4 Å². The number of ether oxygens (including phenoxy) is 2. The maximum absolute atomic E-state index is 12.6. The van der Waals surface area contributed by atoms with Gasteiger partial charge in [-0.25, -0.2) is 0 Å². The Bertz CT molecular complexity index is 791. The molecule has 6 nitrogen and oxygen atoms in total. The molecule has 144 valence electrons. The van der Waals surface area contributed by atoms with Gasteiger partial charge in [0.2, 0.25) is 0 Å². The minimum Gasteiger partial charge on any atom is -0.493 e. The molecule has 27 heavy (non-hydrogen) atoms. The lowest BCUT2D eigenvalue weighted by molar-refractivity contribution is -0.122. The normalized spacial score (nSPS) is 12.6. The monoisotopic (exact) mass is 370 g/mol. The molecule has 2 amide bonds. The van der Waals surface area contributed by atoms with Crippen LogP contribution in [0.25, 0.3) is 0 Å². The number of nitrogens with one attached hydrogen (secondary N) is 2. The molecule has 0 unspecified atom stereocenters. The topological polar surface area (TPSA) is 76.7 Å². The Morgan fingerprint density at radius 2 is 1.63 bits per heavy atom. The highest BCUT2D eigenvalue weighted by Crippen LogP contribution is 2.27. The van der Waals surface area contributed by atoms with E-state index >= 15 is 0 Å². The minimum absolute atomic E-state index is 0.0501. The van der Waals surface area contributed by atoms with Crippen LogP contribution in [0.1, 0.15) is 37.6 Å². The van der Waals surface area contributed by atoms with Crippen molar-refractivity contribution in [2.45, 2.75) is 39.3 Å². The van der Waals surface area contributed by atoms with Crippen molar-refractivity contribution in [2.24, 2.45) is 0 Å². The molecule has 0 aliphatic heterocycles. The number of amides is 2. The molecule has 2 aromatic rings. The Morgan fingerprint density at radius 1 is 1.00 bits per heavy atom. The van der Waals surface area contributed by atoms with E-state index in [9.17, 15) is 9.59 Å². The van der Waals surface area contributed by atoms with Gasteiger partial charge in [0.25, 0.3) is 11.8 Å². The minimum atomic E-state index is -0.771. The second-order valence-corrected chi connectivity index (χ2v) is 6.23. The first-order valence-corrected chi connectivity index (χ1v) is 8.96. The van der Waals surface area contributed by atoms with E-state index in [2.05, 4.69) is 10.6 Å². The fraction of sp³-hybridized carbons (Fsp3) is 0.333. The highest BCUT2D eigenvalue weighted by atomic mass is 16.5. The highest BCUT2D eigenvalue weighted by molar-refractivity contribution is 6.04. The fourth-order valence-electron chi connectivity index (χ4n) is 2.39. The molecule has 0 heterocycles. The van der Waals surface area contributed by atoms with Gasteiger partial charge in [0, 0.05) is 6.04 Å². The fourth-order valence-corrected chi connectivity index (χ4v) is 2.39. The molecule has 2 aromatic carbocycles. The van der Waals surface area contributed by atoms with Crippen LogP contribution in [0, 0.1) is 0 Å². The van der Waals surface area contributed by atoms with Gasteiger partial charge < -0.3 is 20.1 Å². The van der Waals surface area contributed by atoms with E-state index in [4.69, 9.17) is 9.47 Å². The molecule has 2 rings (SSSR count). The number of rotatable bonds is 8. The number of hydrogen-bond acceptors (Lipinski definition) is 4. The number of methoxy groups -OCH3 is 1. The summed E-state index contributed by atoms with van der Waals surface area (Å²) in [5.74, 6) is 0.444. The van der Waals surface area contributed by atoms with E-state index < -0.39 is 6.10 Å². The summed E-state index contributed by atoms with van der Waals surface area (Å²) in [7, 11) is 1.54. The van der Waals surface area contributed by atoms with Crippen molar-refractivity contribution in [1.82, 2.24) is 5.32 Å². The first-order valence-electron chi connectivity index (χ1n) is 8.96. The summed E-state index contributed by atoms with van der Waals surface area (Å²) in [6.07, 6.45) is 0.0521. The van der Waals surface area contributed by atoms with Crippen LogP contribution < -0.4 is 20.1 Å². The lowest BCUT2D eigenvalue weighted by atomic mass is 10.1. The molecule has 0 bridgehead atoms. The molecule has 2 atom stereocenters. The Balaban J connectivity index is 2.10. The van der Waals surface area contributed by atoms with Gasteiger partial charge in [0.15, 0.2) is 17.6 Å². The third-order valence-electron chi connectivity index (χ3n) is 4.16. The molecular weight excluding hydrogens is 344 g/mol. The first kappa shape index (κ1) is 20.3. The average Bonchev–Trinajstić information content (AvgIpc) is 2.68. The molecule has 0 saturated heterocycles. The summed E-state index contributed by atoms with van der Waals surface area (Å²) in [6, 6.07) is 14.1. The predicted octanol–water partition coefficient (Wildman–Crippen LogP) is 3.63. The largest absolute Gasteiger partial charge is 0.493 e. The number of para-hydroxylation sites is 3. The number of carbonyl (C=O) groups excluding carboxylic acids is 2. The predicted molar refractivity (Wildman–Crippen MR) is 105 cm³/mol. The third kappa shape index (κ3) is 5.48. The van der Waals surface area contributed by atoms with Crippen molar-refractivity contribution in [3.63, 3.8) is 0 Å². The summed E-state index contributed by atoms with van der Waals surface area (Å²) < 4.78 is 10.9. The zero-order chi connectivity index (χ0) is 19.8. The van der Waals surface area contributed by atoms with Gasteiger partial charge in [0.1, 0.15) is 0 Å². The number of carbonyl (C=O) groups is 2. The summed E-state index contributed by atoms with van der Waals surface area (Å²) in [5, 5.41) is 5.68. The van der Waals surface area contributed by atoms with Crippen molar-refractivity contribution in [3.05, 3.63) is 54.1 Å². The molecule has 0 aliphatic rings. The molecule has 0 saturated carbocycles. The molecule has 0 spiro atoms. The molecule has 0 aliphatic carbocycles. The summed E-state index contributed by atoms with van der Waals surface area (Å²) >= 11 is 0. The van der Waals surface area contributed by atoms with Crippen LogP contribution >= 0.6 is 0 Å². The average molecular weight is 370 g/mol. The van der Waals surface area contributed by atoms with E-state index in [-0.39, 0.29) is 17.9 Å². The maximum atomic E-state index is 12.6. The van der Waals surface area contributed by atoms with Crippen molar-refractivity contribution < 1.29 is 19.1 Å². The lowest BCUT2D eigenvalue weighted by Gasteiger charge is -2.18. The van der Waals surface area contributed by atoms with Crippen LogP contribution in [-0.4, -0.2) is 31.1 Å². The summed E-state index contributed by atoms with van der Waals surface area (Å²) in [4.78, 5) is 25.0. The van der Waals surface area contributed by atoms with Crippen LogP contribution in [0.3, 0.4) is 0 Å². The Morgan fingerprint density at radius 3 is 2.30 bits per heavy atom. The molecule has 0 fully saturated rings. The van der Waals surface area contributed by atoms with E-state index in [1.54, 1.807) is 56.5 Å². The van der Waals surface area contributed by atoms with Gasteiger partial charge in [-0.15, -0.1) is 0 Å². The zero-order valence-electron chi connectivity index (χ0n) is 16.1. The second kappa shape index (κ2) is 9.62. The van der Waals surface area contributed by atoms with Gasteiger partial charge in [-0.2, -0.15) is 0 Å². The van der Waals surface area contributed by atoms with Crippen LogP contribution in [0.15, 0.2) is 48.5 Å². The van der Waals surface area contributed by atoms with E-state index in [1.807, 2.05) is 19.9 Å². The summed E-state index contributed by atoms with van der Waals surface area (Å²) in [5.41, 5.74) is 0.856. The molecule has 6 heteroatoms. The lowest BCUT2D eigenvalue weighted by Crippen LogP contribution is -2.34. The number of hydrogen-bond donors (Lipinski definition) is 2. The quantitative estimate of drug-likeness (QED) is 0.744. The van der Waals surface area contributed by atoms with Crippen LogP contribution in [0.4, 0.5) is 5.69 Å². The zero-order valence-corrected chi connectivity index (χ0v) is 16.1. The van der Waals surface area contributed by atoms with Crippen molar-refractivity contribution in [3.8, 4) is 11.5 Å². The molecule has 0 radical (unpaired) electrons. The smallest absolute Gasteiger partial charge is 0.265 e. The van der Waals surface area contributed by atoms with Gasteiger partial charge in [-0.3, -0.25) is 9.59 Å². The van der Waals surface area contributed by atoms with Crippen molar-refractivity contribution in [2.75, 3.05) is 12.4 Å². The van der Waals surface area contributed by atoms with Crippen LogP contribution in [0.2, 0.25) is 0 Å². The number of benzene rings is 2. The van der Waals surface area contributed by atoms with E-state index in [0.717, 1.165) is 6.42 Å². The van der Waals surface area contributed by atoms with Gasteiger partial charge in [-0.05, 0) is 44.5 Å². The van der Waals surface area contributed by atoms with Gasteiger partial charge in [-0.1, -0.05) is 31.2 Å². The Kier molecular flexibility index (Phi) is 7.23.